The van der Waals surface area contributed by atoms with Crippen LogP contribution < -0.4 is 10.6 Å². The summed E-state index contributed by atoms with van der Waals surface area (Å²) in [6.07, 6.45) is 3.95. The lowest BCUT2D eigenvalue weighted by Gasteiger charge is -2.06. The number of anilines is 1. The maximum absolute atomic E-state index is 12.1. The summed E-state index contributed by atoms with van der Waals surface area (Å²) in [5.74, 6) is -0.202. The lowest BCUT2D eigenvalue weighted by molar-refractivity contribution is -0.385. The van der Waals surface area contributed by atoms with E-state index in [-0.39, 0.29) is 17.8 Å². The molecule has 0 aliphatic rings. The van der Waals surface area contributed by atoms with Crippen LogP contribution in [-0.4, -0.2) is 32.8 Å². The molecule has 0 aliphatic carbocycles. The van der Waals surface area contributed by atoms with Gasteiger partial charge >= 0.3 is 0 Å². The van der Waals surface area contributed by atoms with Crippen molar-refractivity contribution in [1.82, 2.24) is 20.3 Å². The second-order valence-corrected chi connectivity index (χ2v) is 3.98. The lowest BCUT2D eigenvalue weighted by atomic mass is 10.2. The molecule has 0 saturated carbocycles. The van der Waals surface area contributed by atoms with E-state index in [1.165, 1.54) is 12.4 Å². The zero-order valence-electron chi connectivity index (χ0n) is 11.1. The first kappa shape index (κ1) is 14.3. The van der Waals surface area contributed by atoms with Crippen molar-refractivity contribution in [2.45, 2.75) is 6.54 Å². The van der Waals surface area contributed by atoms with Crippen LogP contribution in [0.3, 0.4) is 0 Å². The van der Waals surface area contributed by atoms with Crippen LogP contribution in [0.4, 0.5) is 11.5 Å². The maximum atomic E-state index is 12.1. The molecule has 2 N–H and O–H groups in total. The van der Waals surface area contributed by atoms with Gasteiger partial charge in [-0.3, -0.25) is 14.9 Å². The normalized spacial score (nSPS) is 9.95. The molecule has 0 spiro atoms. The summed E-state index contributed by atoms with van der Waals surface area (Å²) in [6.45, 7) is 0.149. The molecular formula is C12H12N6O3. The number of carbonyl (C=O) groups excluding carboxylic acids is 1. The smallest absolute Gasteiger partial charge is 0.300 e. The van der Waals surface area contributed by atoms with E-state index in [2.05, 4.69) is 25.6 Å². The van der Waals surface area contributed by atoms with Crippen LogP contribution in [0.2, 0.25) is 0 Å². The molecule has 0 atom stereocenters. The van der Waals surface area contributed by atoms with Crippen LogP contribution in [0.5, 0.6) is 0 Å². The van der Waals surface area contributed by atoms with E-state index in [1.807, 2.05) is 0 Å². The second-order valence-electron chi connectivity index (χ2n) is 3.98. The van der Waals surface area contributed by atoms with Crippen molar-refractivity contribution in [1.29, 1.82) is 0 Å². The van der Waals surface area contributed by atoms with Crippen molar-refractivity contribution in [3.63, 3.8) is 0 Å². The molecule has 0 bridgehead atoms. The minimum absolute atomic E-state index is 0.0617. The molecule has 0 aromatic carbocycles. The first-order valence-electron chi connectivity index (χ1n) is 5.97. The van der Waals surface area contributed by atoms with Gasteiger partial charge in [0.2, 0.25) is 0 Å². The Kier molecular flexibility index (Phi) is 4.34. The highest BCUT2D eigenvalue weighted by atomic mass is 16.6. The summed E-state index contributed by atoms with van der Waals surface area (Å²) < 4.78 is 0. The number of hydrogen-bond donors (Lipinski definition) is 2. The van der Waals surface area contributed by atoms with Gasteiger partial charge in [-0.25, -0.2) is 15.0 Å². The van der Waals surface area contributed by atoms with Crippen molar-refractivity contribution in [3.8, 4) is 0 Å². The summed E-state index contributed by atoms with van der Waals surface area (Å²) in [4.78, 5) is 33.9. The second kappa shape index (κ2) is 6.37. The zero-order valence-corrected chi connectivity index (χ0v) is 11.1. The van der Waals surface area contributed by atoms with Crippen molar-refractivity contribution in [2.24, 2.45) is 0 Å². The molecule has 0 aliphatic heterocycles. The Bertz CT molecular complexity index is 661. The minimum atomic E-state index is -0.647. The van der Waals surface area contributed by atoms with Gasteiger partial charge in [-0.1, -0.05) is 0 Å². The SMILES string of the molecule is CNc1cc(C(=O)NCc2ccncn2)c([N+](=O)[O-])cn1. The van der Waals surface area contributed by atoms with Gasteiger partial charge in [0.15, 0.2) is 0 Å². The fourth-order valence-corrected chi connectivity index (χ4v) is 1.60. The first-order chi connectivity index (χ1) is 10.1. The molecule has 2 rings (SSSR count). The van der Waals surface area contributed by atoms with Gasteiger partial charge in [0.1, 0.15) is 23.9 Å². The van der Waals surface area contributed by atoms with E-state index in [9.17, 15) is 14.9 Å². The van der Waals surface area contributed by atoms with Gasteiger partial charge in [0.05, 0.1) is 17.2 Å². The Balaban J connectivity index is 2.19. The molecule has 1 amide bonds. The highest BCUT2D eigenvalue weighted by Gasteiger charge is 2.21. The van der Waals surface area contributed by atoms with E-state index < -0.39 is 10.8 Å². The molecular weight excluding hydrogens is 276 g/mol. The van der Waals surface area contributed by atoms with Crippen LogP contribution >= 0.6 is 0 Å². The third-order valence-electron chi connectivity index (χ3n) is 2.65. The fourth-order valence-electron chi connectivity index (χ4n) is 1.60. The molecule has 2 heterocycles. The predicted molar refractivity (Wildman–Crippen MR) is 73.6 cm³/mol. The Hall–Kier alpha value is -3.10. The van der Waals surface area contributed by atoms with Crippen molar-refractivity contribution in [2.75, 3.05) is 12.4 Å². The third-order valence-corrected chi connectivity index (χ3v) is 2.65. The highest BCUT2D eigenvalue weighted by Crippen LogP contribution is 2.20. The number of amides is 1. The van der Waals surface area contributed by atoms with E-state index in [0.717, 1.165) is 6.20 Å². The van der Waals surface area contributed by atoms with Crippen molar-refractivity contribution >= 4 is 17.4 Å². The molecule has 2 aromatic heterocycles. The summed E-state index contributed by atoms with van der Waals surface area (Å²) in [5, 5.41) is 16.2. The average Bonchev–Trinajstić information content (AvgIpc) is 2.52. The van der Waals surface area contributed by atoms with Crippen LogP contribution in [0.25, 0.3) is 0 Å². The number of nitro groups is 1. The van der Waals surface area contributed by atoms with Gasteiger partial charge in [0, 0.05) is 19.3 Å². The van der Waals surface area contributed by atoms with Gasteiger partial charge in [-0.05, 0) is 6.07 Å². The first-order valence-corrected chi connectivity index (χ1v) is 5.97. The van der Waals surface area contributed by atoms with Crippen molar-refractivity contribution in [3.05, 3.63) is 52.2 Å². The maximum Gasteiger partial charge on any atom is 0.300 e. The molecule has 0 saturated heterocycles. The van der Waals surface area contributed by atoms with E-state index in [4.69, 9.17) is 0 Å². The molecule has 2 aromatic rings. The Labute approximate surface area is 119 Å². The molecule has 9 nitrogen and oxygen atoms in total. The molecule has 0 radical (unpaired) electrons. The molecule has 21 heavy (non-hydrogen) atoms. The van der Waals surface area contributed by atoms with Crippen LogP contribution in [-0.2, 0) is 6.54 Å². The third kappa shape index (κ3) is 3.47. The monoisotopic (exact) mass is 288 g/mol. The lowest BCUT2D eigenvalue weighted by Crippen LogP contribution is -2.24. The van der Waals surface area contributed by atoms with E-state index in [1.54, 1.807) is 19.3 Å². The zero-order chi connectivity index (χ0) is 15.2. The average molecular weight is 288 g/mol. The van der Waals surface area contributed by atoms with E-state index in [0.29, 0.717) is 11.5 Å². The van der Waals surface area contributed by atoms with Gasteiger partial charge in [-0.2, -0.15) is 0 Å². The van der Waals surface area contributed by atoms with Crippen LogP contribution in [0.1, 0.15) is 16.1 Å². The summed E-state index contributed by atoms with van der Waals surface area (Å²) >= 11 is 0. The molecule has 0 unspecified atom stereocenters. The van der Waals surface area contributed by atoms with Gasteiger partial charge < -0.3 is 10.6 Å². The van der Waals surface area contributed by atoms with Gasteiger partial charge in [0.25, 0.3) is 11.6 Å². The number of nitrogens with zero attached hydrogens (tertiary/aromatic N) is 4. The molecule has 0 fully saturated rings. The van der Waals surface area contributed by atoms with Crippen molar-refractivity contribution < 1.29 is 9.72 Å². The quantitative estimate of drug-likeness (QED) is 0.614. The largest absolute Gasteiger partial charge is 0.373 e. The van der Waals surface area contributed by atoms with Gasteiger partial charge in [-0.15, -0.1) is 0 Å². The van der Waals surface area contributed by atoms with Crippen LogP contribution in [0, 0.1) is 10.1 Å². The predicted octanol–water partition coefficient (Wildman–Crippen LogP) is 0.751. The number of carbonyl (C=O) groups is 1. The Morgan fingerprint density at radius 2 is 2.24 bits per heavy atom. The summed E-state index contributed by atoms with van der Waals surface area (Å²) in [7, 11) is 1.61. The number of hydrogen-bond acceptors (Lipinski definition) is 7. The van der Waals surface area contributed by atoms with E-state index >= 15 is 0 Å². The summed E-state index contributed by atoms with van der Waals surface area (Å²) in [6, 6.07) is 2.97. The highest BCUT2D eigenvalue weighted by molar-refractivity contribution is 5.98. The molecule has 108 valence electrons. The van der Waals surface area contributed by atoms with Crippen LogP contribution in [0.15, 0.2) is 30.9 Å². The fraction of sp³-hybridized carbons (Fsp3) is 0.167. The number of pyridine rings is 1. The Morgan fingerprint density at radius 3 is 2.86 bits per heavy atom. The number of rotatable bonds is 5. The standard InChI is InChI=1S/C12H12N6O3/c1-13-11-4-9(10(6-15-11)18(20)21)12(19)16-5-8-2-3-14-7-17-8/h2-4,6-7H,5H2,1H3,(H,13,15)(H,16,19). The summed E-state index contributed by atoms with van der Waals surface area (Å²) in [5.41, 5.74) is 0.187. The minimum Gasteiger partial charge on any atom is -0.373 e. The topological polar surface area (TPSA) is 123 Å². The Morgan fingerprint density at radius 1 is 1.43 bits per heavy atom. The number of nitrogens with one attached hydrogen (secondary N) is 2. The number of aromatic nitrogens is 3. The molecule has 9 heteroatoms.